The van der Waals surface area contributed by atoms with Gasteiger partial charge < -0.3 is 4.74 Å². The van der Waals surface area contributed by atoms with E-state index in [1.54, 1.807) is 6.92 Å². The van der Waals surface area contributed by atoms with E-state index in [1.807, 2.05) is 0 Å². The zero-order valence-corrected chi connectivity index (χ0v) is 16.6. The van der Waals surface area contributed by atoms with Crippen LogP contribution in [0.1, 0.15) is 31.4 Å². The van der Waals surface area contributed by atoms with Gasteiger partial charge in [-0.2, -0.15) is 5.06 Å². The molecule has 2 saturated heterocycles. The Labute approximate surface area is 163 Å². The van der Waals surface area contributed by atoms with E-state index in [1.165, 1.54) is 28.5 Å². The number of rotatable bonds is 5. The zero-order chi connectivity index (χ0) is 20.5. The molecule has 1 aromatic rings. The molecule has 2 atom stereocenters. The molecular weight excluding hydrogens is 394 g/mol. The van der Waals surface area contributed by atoms with Gasteiger partial charge in [-0.1, -0.05) is 12.1 Å². The standard InChI is InChI=1S/C18H24F2N2O5S/c1-3-26-18(23)12-7-9-22(10-8-12)28(24,25)15-11-27-21(2)17(15)13-5-4-6-14(19)16(13)20/h4-6,12,15,17H,3,7-11H2,1-2H3. The average molecular weight is 418 g/mol. The molecule has 0 bridgehead atoms. The van der Waals surface area contributed by atoms with Crippen LogP contribution < -0.4 is 0 Å². The number of ether oxygens (including phenoxy) is 1. The maximum absolute atomic E-state index is 14.3. The number of carbonyl (C=O) groups is 1. The van der Waals surface area contributed by atoms with Gasteiger partial charge in [0.1, 0.15) is 5.25 Å². The van der Waals surface area contributed by atoms with Crippen molar-refractivity contribution in [2.45, 2.75) is 31.1 Å². The Morgan fingerprint density at radius 3 is 2.61 bits per heavy atom. The zero-order valence-electron chi connectivity index (χ0n) is 15.8. The lowest BCUT2D eigenvalue weighted by Crippen LogP contribution is -2.47. The number of esters is 1. The minimum Gasteiger partial charge on any atom is -0.466 e. The number of sulfonamides is 1. The van der Waals surface area contributed by atoms with Gasteiger partial charge in [-0.05, 0) is 25.8 Å². The molecule has 0 saturated carbocycles. The molecule has 2 aliphatic rings. The summed E-state index contributed by atoms with van der Waals surface area (Å²) in [6, 6.07) is 2.72. The van der Waals surface area contributed by atoms with Gasteiger partial charge in [-0.15, -0.1) is 0 Å². The van der Waals surface area contributed by atoms with Crippen molar-refractivity contribution in [2.24, 2.45) is 5.92 Å². The minimum absolute atomic E-state index is 0.0602. The van der Waals surface area contributed by atoms with Gasteiger partial charge in [0.15, 0.2) is 11.6 Å². The smallest absolute Gasteiger partial charge is 0.309 e. The molecule has 0 amide bonds. The summed E-state index contributed by atoms with van der Waals surface area (Å²) in [5.74, 6) is -2.76. The Hall–Kier alpha value is -1.62. The van der Waals surface area contributed by atoms with E-state index in [4.69, 9.17) is 9.57 Å². The Balaban J connectivity index is 1.79. The second kappa shape index (κ2) is 8.40. The van der Waals surface area contributed by atoms with E-state index in [0.717, 1.165) is 6.07 Å². The van der Waals surface area contributed by atoms with Crippen LogP contribution in [-0.4, -0.2) is 62.4 Å². The number of carbonyl (C=O) groups excluding carboxylic acids is 1. The van der Waals surface area contributed by atoms with Gasteiger partial charge in [-0.3, -0.25) is 9.63 Å². The van der Waals surface area contributed by atoms with E-state index in [-0.39, 0.29) is 43.8 Å². The van der Waals surface area contributed by atoms with E-state index >= 15 is 0 Å². The van der Waals surface area contributed by atoms with Gasteiger partial charge in [0.05, 0.1) is 25.2 Å². The van der Waals surface area contributed by atoms with Gasteiger partial charge >= 0.3 is 5.97 Å². The lowest BCUT2D eigenvalue weighted by atomic mass is 9.98. The molecule has 3 rings (SSSR count). The van der Waals surface area contributed by atoms with Crippen LogP contribution >= 0.6 is 0 Å². The predicted octanol–water partition coefficient (Wildman–Crippen LogP) is 1.86. The van der Waals surface area contributed by atoms with Crippen molar-refractivity contribution in [3.63, 3.8) is 0 Å². The molecular formula is C18H24F2N2O5S. The van der Waals surface area contributed by atoms with Gasteiger partial charge in [-0.25, -0.2) is 21.5 Å². The van der Waals surface area contributed by atoms with Crippen molar-refractivity contribution in [3.05, 3.63) is 35.4 Å². The molecule has 0 spiro atoms. The third-order valence-corrected chi connectivity index (χ3v) is 7.55. The van der Waals surface area contributed by atoms with Crippen LogP contribution in [0.4, 0.5) is 8.78 Å². The van der Waals surface area contributed by atoms with Gasteiger partial charge in [0.2, 0.25) is 10.0 Å². The van der Waals surface area contributed by atoms with Crippen LogP contribution in [0.2, 0.25) is 0 Å². The van der Waals surface area contributed by atoms with Gasteiger partial charge in [0.25, 0.3) is 0 Å². The molecule has 2 heterocycles. The molecule has 1 aromatic carbocycles. The number of hydroxylamine groups is 2. The van der Waals surface area contributed by atoms with E-state index in [2.05, 4.69) is 0 Å². The van der Waals surface area contributed by atoms with Crippen molar-refractivity contribution in [3.8, 4) is 0 Å². The quantitative estimate of drug-likeness (QED) is 0.680. The number of hydrogen-bond acceptors (Lipinski definition) is 6. The molecule has 10 heteroatoms. The lowest BCUT2D eigenvalue weighted by molar-refractivity contribution is -0.149. The van der Waals surface area contributed by atoms with Crippen LogP contribution in [-0.2, 0) is 24.4 Å². The monoisotopic (exact) mass is 418 g/mol. The highest BCUT2D eigenvalue weighted by Gasteiger charge is 2.47. The van der Waals surface area contributed by atoms with Crippen molar-refractivity contribution >= 4 is 16.0 Å². The number of benzene rings is 1. The molecule has 0 N–H and O–H groups in total. The van der Waals surface area contributed by atoms with Crippen molar-refractivity contribution in [2.75, 3.05) is 33.4 Å². The second-order valence-electron chi connectivity index (χ2n) is 6.94. The molecule has 2 fully saturated rings. The largest absolute Gasteiger partial charge is 0.466 e. The minimum atomic E-state index is -3.86. The summed E-state index contributed by atoms with van der Waals surface area (Å²) in [5, 5.41) is 0.179. The average Bonchev–Trinajstić information content (AvgIpc) is 3.06. The number of piperidine rings is 1. The highest BCUT2D eigenvalue weighted by Crippen LogP contribution is 2.37. The normalized spacial score (nSPS) is 25.1. The Morgan fingerprint density at radius 1 is 1.29 bits per heavy atom. The third kappa shape index (κ3) is 3.91. The molecule has 2 aliphatic heterocycles. The fraction of sp³-hybridized carbons (Fsp3) is 0.611. The van der Waals surface area contributed by atoms with E-state index in [0.29, 0.717) is 12.8 Å². The molecule has 0 aromatic heterocycles. The highest BCUT2D eigenvalue weighted by atomic mass is 32.2. The summed E-state index contributed by atoms with van der Waals surface area (Å²) in [6.45, 7) is 2.19. The van der Waals surface area contributed by atoms with Crippen LogP contribution in [0.15, 0.2) is 18.2 Å². The lowest BCUT2D eigenvalue weighted by Gasteiger charge is -2.33. The maximum atomic E-state index is 14.3. The summed E-state index contributed by atoms with van der Waals surface area (Å²) in [7, 11) is -2.36. The summed E-state index contributed by atoms with van der Waals surface area (Å²) in [6.07, 6.45) is 0.723. The summed E-state index contributed by atoms with van der Waals surface area (Å²) < 4.78 is 60.7. The molecule has 28 heavy (non-hydrogen) atoms. The predicted molar refractivity (Wildman–Crippen MR) is 96.5 cm³/mol. The van der Waals surface area contributed by atoms with Crippen molar-refractivity contribution in [1.29, 1.82) is 0 Å². The first-order valence-electron chi connectivity index (χ1n) is 9.22. The molecule has 7 nitrogen and oxygen atoms in total. The Morgan fingerprint density at radius 2 is 1.96 bits per heavy atom. The molecule has 0 aliphatic carbocycles. The highest BCUT2D eigenvalue weighted by molar-refractivity contribution is 7.89. The van der Waals surface area contributed by atoms with Crippen molar-refractivity contribution < 1.29 is 31.6 Å². The maximum Gasteiger partial charge on any atom is 0.309 e. The first-order chi connectivity index (χ1) is 13.3. The van der Waals surface area contributed by atoms with Crippen LogP contribution in [0.5, 0.6) is 0 Å². The third-order valence-electron chi connectivity index (χ3n) is 5.30. The number of nitrogens with zero attached hydrogens (tertiary/aromatic N) is 2. The van der Waals surface area contributed by atoms with Crippen molar-refractivity contribution in [1.82, 2.24) is 9.37 Å². The first-order valence-corrected chi connectivity index (χ1v) is 10.7. The topological polar surface area (TPSA) is 76.1 Å². The Kier molecular flexibility index (Phi) is 6.33. The Bertz CT molecular complexity index is 827. The fourth-order valence-corrected chi connectivity index (χ4v) is 5.77. The summed E-state index contributed by atoms with van der Waals surface area (Å²) in [4.78, 5) is 17.2. The van der Waals surface area contributed by atoms with Crippen LogP contribution in [0.25, 0.3) is 0 Å². The molecule has 156 valence electrons. The number of hydrogen-bond donors (Lipinski definition) is 0. The molecule has 2 unspecified atom stereocenters. The van der Waals surface area contributed by atoms with Crippen LogP contribution in [0, 0.1) is 17.6 Å². The van der Waals surface area contributed by atoms with Crippen LogP contribution in [0.3, 0.4) is 0 Å². The SMILES string of the molecule is CCOC(=O)C1CCN(S(=O)(=O)C2CON(C)C2c2cccc(F)c2F)CC1. The van der Waals surface area contributed by atoms with E-state index in [9.17, 15) is 22.0 Å². The van der Waals surface area contributed by atoms with Gasteiger partial charge in [0, 0.05) is 25.7 Å². The summed E-state index contributed by atoms with van der Waals surface area (Å²) in [5.41, 5.74) is -0.0602. The fourth-order valence-electron chi connectivity index (χ4n) is 3.79. The summed E-state index contributed by atoms with van der Waals surface area (Å²) >= 11 is 0. The first kappa shape index (κ1) is 21.1. The number of halogens is 2. The second-order valence-corrected chi connectivity index (χ2v) is 9.09. The van der Waals surface area contributed by atoms with E-state index < -0.39 is 32.9 Å². The molecule has 0 radical (unpaired) electrons.